The largest absolute Gasteiger partial charge is 0.372 e. The molecule has 0 atom stereocenters. The normalized spacial score (nSPS) is 11.5. The lowest BCUT2D eigenvalue weighted by Crippen LogP contribution is -2.25. The average Bonchev–Trinajstić information content (AvgIpc) is 3.28. The molecule has 0 aliphatic heterocycles. The Morgan fingerprint density at radius 2 is 0.667 bits per heavy atom. The van der Waals surface area contributed by atoms with E-state index >= 15 is 0 Å². The van der Waals surface area contributed by atoms with Crippen LogP contribution in [0, 0.1) is 22.7 Å². The summed E-state index contributed by atoms with van der Waals surface area (Å²) in [6.07, 6.45) is 28.9. The topological polar surface area (TPSA) is 54.1 Å². The van der Waals surface area contributed by atoms with Crippen molar-refractivity contribution < 1.29 is 0 Å². The van der Waals surface area contributed by atoms with E-state index in [0.717, 1.165) is 70.0 Å². The van der Waals surface area contributed by atoms with Crippen LogP contribution in [-0.2, 0) is 0 Å². The van der Waals surface area contributed by atoms with Crippen LogP contribution in [0.25, 0.3) is 45.8 Å². The highest BCUT2D eigenvalue weighted by Gasteiger charge is 2.15. The third kappa shape index (κ3) is 13.3. The van der Waals surface area contributed by atoms with Crippen LogP contribution in [0.15, 0.2) is 84.9 Å². The minimum Gasteiger partial charge on any atom is -0.372 e. The highest BCUT2D eigenvalue weighted by Crippen LogP contribution is 2.34. The third-order valence-corrected chi connectivity index (χ3v) is 12.0. The fourth-order valence-corrected chi connectivity index (χ4v) is 8.35. The molecule has 4 nitrogen and oxygen atoms in total. The van der Waals surface area contributed by atoms with Crippen molar-refractivity contribution in [1.82, 2.24) is 0 Å². The number of unbranched alkanes of at least 4 members (excludes halogenated alkanes) is 12. The lowest BCUT2D eigenvalue weighted by Gasteiger charge is -2.25. The van der Waals surface area contributed by atoms with Crippen LogP contribution >= 0.6 is 0 Å². The van der Waals surface area contributed by atoms with E-state index in [-0.39, 0.29) is 0 Å². The van der Waals surface area contributed by atoms with E-state index in [2.05, 4.69) is 147 Å². The molecule has 0 radical (unpaired) electrons. The van der Waals surface area contributed by atoms with Gasteiger partial charge in [-0.05, 0) is 84.3 Å². The predicted octanol–water partition coefficient (Wildman–Crippen LogP) is 16.0. The molecule has 0 unspecified atom stereocenters. The van der Waals surface area contributed by atoms with Crippen LogP contribution in [0.3, 0.4) is 0 Å². The van der Waals surface area contributed by atoms with Gasteiger partial charge in [0.05, 0.1) is 11.1 Å². The summed E-state index contributed by atoms with van der Waals surface area (Å²) in [6, 6.07) is 35.1. The van der Waals surface area contributed by atoms with Gasteiger partial charge in [0.1, 0.15) is 12.1 Å². The SMILES string of the molecule is CCCCCCN(CCCCCC)c1ccc(/C=C/c2ccc3c(C#N)c4cc(/C=C/c5ccc(N(CCCCCC)CCCCCC)cc5)ccc4c(C#N)c3c2)cc1. The summed E-state index contributed by atoms with van der Waals surface area (Å²) in [5.74, 6) is 0. The first-order chi connectivity index (χ1) is 29.5. The number of hydrogen-bond donors (Lipinski definition) is 0. The van der Waals surface area contributed by atoms with Crippen molar-refractivity contribution in [2.45, 2.75) is 130 Å². The third-order valence-electron chi connectivity index (χ3n) is 12.0. The van der Waals surface area contributed by atoms with E-state index in [1.807, 2.05) is 12.1 Å². The molecule has 0 N–H and O–H groups in total. The van der Waals surface area contributed by atoms with Gasteiger partial charge in [-0.25, -0.2) is 0 Å². The number of nitrogens with zero attached hydrogens (tertiary/aromatic N) is 4. The van der Waals surface area contributed by atoms with Crippen LogP contribution in [0.4, 0.5) is 11.4 Å². The Kier molecular flexibility index (Phi) is 19.3. The number of anilines is 2. The lowest BCUT2D eigenvalue weighted by atomic mass is 9.90. The molecule has 0 amide bonds. The molecule has 0 heterocycles. The maximum Gasteiger partial charge on any atom is 0.100 e. The fraction of sp³-hybridized carbons (Fsp3) is 0.429. The minimum absolute atomic E-state index is 0.608. The van der Waals surface area contributed by atoms with Gasteiger partial charge in [0.25, 0.3) is 0 Å². The van der Waals surface area contributed by atoms with Crippen LogP contribution in [0.1, 0.15) is 164 Å². The minimum atomic E-state index is 0.608. The Balaban J connectivity index is 1.32. The standard InChI is InChI=1S/C56H70N4/c1-5-9-13-17-37-59(38-18-14-10-6-2)49-31-25-45(26-32-49)21-23-47-29-35-51-53(41-47)55(43-57)52-36-30-48(42-54(52)56(51)44-58)24-22-46-27-33-50(34-28-46)60(39-19-15-11-7-3)40-20-16-12-8-4/h21-36,41-42H,5-20,37-40H2,1-4H3/b23-21+,24-22+. The molecule has 0 aliphatic rings. The van der Waals surface area contributed by atoms with Crippen molar-refractivity contribution in [3.8, 4) is 12.1 Å². The van der Waals surface area contributed by atoms with Crippen LogP contribution in [0.2, 0.25) is 0 Å². The van der Waals surface area contributed by atoms with Gasteiger partial charge >= 0.3 is 0 Å². The zero-order chi connectivity index (χ0) is 42.4. The highest BCUT2D eigenvalue weighted by atomic mass is 15.1. The Hall–Kier alpha value is -5.32. The zero-order valence-electron chi connectivity index (χ0n) is 37.3. The van der Waals surface area contributed by atoms with Gasteiger partial charge in [0.15, 0.2) is 0 Å². The van der Waals surface area contributed by atoms with E-state index in [4.69, 9.17) is 0 Å². The quantitative estimate of drug-likeness (QED) is 0.0318. The van der Waals surface area contributed by atoms with Gasteiger partial charge in [-0.2, -0.15) is 10.5 Å². The Labute approximate surface area is 363 Å². The van der Waals surface area contributed by atoms with E-state index in [9.17, 15) is 10.5 Å². The summed E-state index contributed by atoms with van der Waals surface area (Å²) < 4.78 is 0. The molecule has 5 rings (SSSR count). The second kappa shape index (κ2) is 25.3. The Morgan fingerprint density at radius 1 is 0.367 bits per heavy atom. The zero-order valence-corrected chi connectivity index (χ0v) is 37.3. The summed E-state index contributed by atoms with van der Waals surface area (Å²) in [4.78, 5) is 5.14. The van der Waals surface area contributed by atoms with E-state index in [1.54, 1.807) is 0 Å². The van der Waals surface area contributed by atoms with Crippen molar-refractivity contribution in [2.24, 2.45) is 0 Å². The summed E-state index contributed by atoms with van der Waals surface area (Å²) in [5.41, 5.74) is 8.10. The first kappa shape index (κ1) is 45.8. The van der Waals surface area contributed by atoms with Crippen LogP contribution in [0.5, 0.6) is 0 Å². The molecule has 5 aromatic carbocycles. The number of rotatable bonds is 26. The van der Waals surface area contributed by atoms with Crippen LogP contribution in [-0.4, -0.2) is 26.2 Å². The maximum atomic E-state index is 10.5. The first-order valence-corrected chi connectivity index (χ1v) is 23.4. The summed E-state index contributed by atoms with van der Waals surface area (Å²) in [6.45, 7) is 13.5. The van der Waals surface area contributed by atoms with Gasteiger partial charge in [0, 0.05) is 59.1 Å². The Morgan fingerprint density at radius 3 is 0.967 bits per heavy atom. The molecular weight excluding hydrogens is 729 g/mol. The molecule has 60 heavy (non-hydrogen) atoms. The number of benzene rings is 5. The van der Waals surface area contributed by atoms with Crippen molar-refractivity contribution in [1.29, 1.82) is 10.5 Å². The molecular formula is C56H70N4. The monoisotopic (exact) mass is 799 g/mol. The molecule has 314 valence electrons. The maximum absolute atomic E-state index is 10.5. The smallest absolute Gasteiger partial charge is 0.100 e. The molecule has 0 spiro atoms. The van der Waals surface area contributed by atoms with Gasteiger partial charge in [-0.1, -0.05) is 178 Å². The summed E-state index contributed by atoms with van der Waals surface area (Å²) in [7, 11) is 0. The first-order valence-electron chi connectivity index (χ1n) is 23.4. The second-order valence-corrected chi connectivity index (χ2v) is 16.7. The van der Waals surface area contributed by atoms with E-state index < -0.39 is 0 Å². The van der Waals surface area contributed by atoms with Crippen molar-refractivity contribution >= 4 is 57.2 Å². The molecule has 4 heteroatoms. The number of nitriles is 2. The predicted molar refractivity (Wildman–Crippen MR) is 263 cm³/mol. The molecule has 0 saturated carbocycles. The van der Waals surface area contributed by atoms with Gasteiger partial charge in [-0.3, -0.25) is 0 Å². The lowest BCUT2D eigenvalue weighted by molar-refractivity contribution is 0.609. The summed E-state index contributed by atoms with van der Waals surface area (Å²) >= 11 is 0. The molecule has 0 fully saturated rings. The van der Waals surface area contributed by atoms with Gasteiger partial charge in [0.2, 0.25) is 0 Å². The number of fused-ring (bicyclic) bond motifs is 2. The van der Waals surface area contributed by atoms with Crippen molar-refractivity contribution in [3.05, 3.63) is 118 Å². The Bertz CT molecular complexity index is 2010. The van der Waals surface area contributed by atoms with E-state index in [1.165, 1.54) is 114 Å². The second-order valence-electron chi connectivity index (χ2n) is 16.7. The van der Waals surface area contributed by atoms with E-state index in [0.29, 0.717) is 11.1 Å². The molecule has 0 bridgehead atoms. The highest BCUT2D eigenvalue weighted by molar-refractivity contribution is 6.10. The van der Waals surface area contributed by atoms with Crippen molar-refractivity contribution in [2.75, 3.05) is 36.0 Å². The van der Waals surface area contributed by atoms with Crippen LogP contribution < -0.4 is 9.80 Å². The van der Waals surface area contributed by atoms with Gasteiger partial charge in [-0.15, -0.1) is 0 Å². The van der Waals surface area contributed by atoms with Gasteiger partial charge < -0.3 is 9.80 Å². The van der Waals surface area contributed by atoms with Crippen molar-refractivity contribution in [3.63, 3.8) is 0 Å². The number of hydrogen-bond acceptors (Lipinski definition) is 4. The molecule has 5 aromatic rings. The summed E-state index contributed by atoms with van der Waals surface area (Å²) in [5, 5.41) is 24.2. The molecule has 0 aromatic heterocycles. The molecule has 0 aliphatic carbocycles. The average molecular weight is 799 g/mol. The fourth-order valence-electron chi connectivity index (χ4n) is 8.35. The molecule has 0 saturated heterocycles.